The lowest BCUT2D eigenvalue weighted by atomic mass is 10.2. The van der Waals surface area contributed by atoms with E-state index in [-0.39, 0.29) is 0 Å². The van der Waals surface area contributed by atoms with Crippen molar-refractivity contribution in [2.75, 3.05) is 13.4 Å². The average molecular weight is 604 g/mol. The van der Waals surface area contributed by atoms with Crippen molar-refractivity contribution in [2.24, 2.45) is 0 Å². The summed E-state index contributed by atoms with van der Waals surface area (Å²) in [5.74, 6) is -0.527. The number of H-pyrrole nitrogens is 1. The molecule has 0 aliphatic carbocycles. The molecule has 0 bridgehead atoms. The SMILES string of the molecule is CO.CSc1nc2cc(Oc3cccc(Cl)c3Cl)c(Cl)cc2[nH]1.O=C(O)c1cc([N+](=O)[O-])cc([N+](=O)[O-])c1. The number of hydrogen-bond acceptors (Lipinski definition) is 9. The normalized spacial score (nSPS) is 10.1. The number of benzene rings is 3. The van der Waals surface area contributed by atoms with Crippen LogP contribution >= 0.6 is 46.6 Å². The first-order valence-electron chi connectivity index (χ1n) is 9.97. The van der Waals surface area contributed by atoms with E-state index in [4.69, 9.17) is 49.8 Å². The van der Waals surface area contributed by atoms with Crippen LogP contribution in [0.2, 0.25) is 15.1 Å². The molecule has 16 heteroatoms. The number of aromatic amines is 1. The highest BCUT2D eigenvalue weighted by Gasteiger charge is 2.19. The van der Waals surface area contributed by atoms with Crippen LogP contribution in [0.25, 0.3) is 11.0 Å². The standard InChI is InChI=1S/C14H9Cl3N2OS.C7H4N2O6.CH4O/c1-21-14-18-9-5-8(16)12(6-10(9)19-14)20-11-4-2-3-7(15)13(11)17;10-7(11)4-1-5(8(12)13)3-6(2-4)9(14)15;1-2/h2-6H,1H3,(H,18,19);1-3H,(H,10,11);2H,1H3. The monoisotopic (exact) mass is 602 g/mol. The predicted molar refractivity (Wildman–Crippen MR) is 144 cm³/mol. The van der Waals surface area contributed by atoms with Gasteiger partial charge in [0.2, 0.25) is 0 Å². The van der Waals surface area contributed by atoms with Gasteiger partial charge < -0.3 is 19.9 Å². The fourth-order valence-electron chi connectivity index (χ4n) is 2.77. The lowest BCUT2D eigenvalue weighted by Crippen LogP contribution is -2.00. The Bertz CT molecular complexity index is 1420. The number of aromatic carboxylic acids is 1. The first kappa shape index (κ1) is 30.6. The van der Waals surface area contributed by atoms with Crippen LogP contribution in [0.5, 0.6) is 11.5 Å². The first-order chi connectivity index (χ1) is 18.0. The zero-order valence-corrected chi connectivity index (χ0v) is 22.4. The Morgan fingerprint density at radius 1 is 0.974 bits per heavy atom. The molecule has 4 rings (SSSR count). The van der Waals surface area contributed by atoms with Crippen LogP contribution in [0.15, 0.2) is 53.7 Å². The number of non-ortho nitro benzene ring substituents is 2. The third-order valence-electron chi connectivity index (χ3n) is 4.41. The maximum Gasteiger partial charge on any atom is 0.336 e. The number of ether oxygens (including phenoxy) is 1. The molecule has 0 saturated carbocycles. The molecular formula is C22H17Cl3N4O8S. The van der Waals surface area contributed by atoms with Crippen molar-refractivity contribution >= 4 is 74.9 Å². The summed E-state index contributed by atoms with van der Waals surface area (Å²) in [4.78, 5) is 37.0. The van der Waals surface area contributed by atoms with Crippen LogP contribution in [0.1, 0.15) is 10.4 Å². The minimum Gasteiger partial charge on any atom is -0.478 e. The van der Waals surface area contributed by atoms with Crippen molar-refractivity contribution in [3.05, 3.63) is 89.4 Å². The van der Waals surface area contributed by atoms with Crippen molar-refractivity contribution in [3.63, 3.8) is 0 Å². The van der Waals surface area contributed by atoms with Crippen molar-refractivity contribution < 1.29 is 29.6 Å². The lowest BCUT2D eigenvalue weighted by Gasteiger charge is -2.09. The Labute approximate surface area is 233 Å². The van der Waals surface area contributed by atoms with Gasteiger partial charge in [-0.25, -0.2) is 9.78 Å². The first-order valence-corrected chi connectivity index (χ1v) is 12.3. The molecule has 38 heavy (non-hydrogen) atoms. The highest BCUT2D eigenvalue weighted by molar-refractivity contribution is 7.98. The number of hydrogen-bond donors (Lipinski definition) is 3. The van der Waals surface area contributed by atoms with Gasteiger partial charge in [0, 0.05) is 25.3 Å². The number of aromatic nitrogens is 2. The summed E-state index contributed by atoms with van der Waals surface area (Å²) >= 11 is 19.9. The largest absolute Gasteiger partial charge is 0.478 e. The Morgan fingerprint density at radius 3 is 2.11 bits per heavy atom. The summed E-state index contributed by atoms with van der Waals surface area (Å²) in [5.41, 5.74) is -0.107. The lowest BCUT2D eigenvalue weighted by molar-refractivity contribution is -0.394. The van der Waals surface area contributed by atoms with Gasteiger partial charge in [0.1, 0.15) is 16.5 Å². The summed E-state index contributed by atoms with van der Waals surface area (Å²) in [7, 11) is 1.00. The molecule has 0 amide bonds. The third-order valence-corrected chi connectivity index (χ3v) is 6.09. The fraction of sp³-hybridized carbons (Fsp3) is 0.0909. The number of thioether (sulfide) groups is 1. The molecule has 0 aliphatic heterocycles. The number of rotatable bonds is 6. The second kappa shape index (κ2) is 13.8. The van der Waals surface area contributed by atoms with Gasteiger partial charge in [-0.05, 0) is 24.5 Å². The van der Waals surface area contributed by atoms with E-state index in [1.54, 1.807) is 30.3 Å². The second-order valence-electron chi connectivity index (χ2n) is 6.76. The fourth-order valence-corrected chi connectivity index (χ4v) is 3.71. The molecule has 1 heterocycles. The van der Waals surface area contributed by atoms with E-state index < -0.39 is 32.8 Å². The molecule has 0 spiro atoms. The highest BCUT2D eigenvalue weighted by atomic mass is 35.5. The van der Waals surface area contributed by atoms with Gasteiger partial charge in [0.15, 0.2) is 5.16 Å². The van der Waals surface area contributed by atoms with E-state index in [9.17, 15) is 25.0 Å². The van der Waals surface area contributed by atoms with Crippen LogP contribution in [0.4, 0.5) is 11.4 Å². The molecule has 200 valence electrons. The number of nitro benzene ring substituents is 2. The predicted octanol–water partition coefficient (Wildman–Crippen LogP) is 6.85. The number of carbonyl (C=O) groups is 1. The Morgan fingerprint density at radius 2 is 1.58 bits per heavy atom. The van der Waals surface area contributed by atoms with Crippen LogP contribution in [-0.2, 0) is 0 Å². The number of carboxylic acid groups (broad SMARTS) is 1. The smallest absolute Gasteiger partial charge is 0.336 e. The van der Waals surface area contributed by atoms with Crippen molar-refractivity contribution in [3.8, 4) is 11.5 Å². The molecule has 0 aliphatic rings. The molecule has 0 fully saturated rings. The quantitative estimate of drug-likeness (QED) is 0.120. The minimum absolute atomic E-state index is 0.349. The van der Waals surface area contributed by atoms with E-state index in [0.717, 1.165) is 35.4 Å². The number of nitro groups is 2. The Balaban J connectivity index is 0.000000264. The maximum atomic E-state index is 10.5. The summed E-state index contributed by atoms with van der Waals surface area (Å²) < 4.78 is 5.76. The second-order valence-corrected chi connectivity index (χ2v) is 8.74. The molecule has 12 nitrogen and oxygen atoms in total. The van der Waals surface area contributed by atoms with E-state index in [0.29, 0.717) is 32.6 Å². The highest BCUT2D eigenvalue weighted by Crippen LogP contribution is 2.38. The number of nitrogens with one attached hydrogen (secondary N) is 1. The number of fused-ring (bicyclic) bond motifs is 1. The van der Waals surface area contributed by atoms with Gasteiger partial charge >= 0.3 is 5.97 Å². The molecule has 0 radical (unpaired) electrons. The van der Waals surface area contributed by atoms with E-state index in [2.05, 4.69) is 9.97 Å². The maximum absolute atomic E-state index is 10.5. The number of halogens is 3. The van der Waals surface area contributed by atoms with E-state index in [1.807, 2.05) is 6.26 Å². The number of imidazole rings is 1. The van der Waals surface area contributed by atoms with Crippen LogP contribution in [-0.4, -0.2) is 49.4 Å². The van der Waals surface area contributed by atoms with Gasteiger partial charge in [0.25, 0.3) is 11.4 Å². The summed E-state index contributed by atoms with van der Waals surface area (Å²) in [6.07, 6.45) is 1.95. The Hall–Kier alpha value is -3.62. The van der Waals surface area contributed by atoms with Gasteiger partial charge in [-0.3, -0.25) is 20.2 Å². The number of carboxylic acids is 1. The topological polar surface area (TPSA) is 182 Å². The molecule has 0 atom stereocenters. The summed E-state index contributed by atoms with van der Waals surface area (Å²) in [6.45, 7) is 0. The summed E-state index contributed by atoms with van der Waals surface area (Å²) in [6, 6.07) is 10.9. The zero-order valence-electron chi connectivity index (χ0n) is 19.3. The van der Waals surface area contributed by atoms with Gasteiger partial charge in [0.05, 0.1) is 42.6 Å². The minimum atomic E-state index is -1.46. The van der Waals surface area contributed by atoms with E-state index >= 15 is 0 Å². The molecule has 1 aromatic heterocycles. The van der Waals surface area contributed by atoms with Gasteiger partial charge in [-0.15, -0.1) is 0 Å². The number of aliphatic hydroxyl groups is 1. The third kappa shape index (κ3) is 7.69. The van der Waals surface area contributed by atoms with Crippen LogP contribution in [0.3, 0.4) is 0 Å². The van der Waals surface area contributed by atoms with E-state index in [1.165, 1.54) is 11.8 Å². The molecular weight excluding hydrogens is 587 g/mol. The van der Waals surface area contributed by atoms with Crippen molar-refractivity contribution in [1.29, 1.82) is 0 Å². The molecule has 0 saturated heterocycles. The number of aliphatic hydroxyl groups excluding tert-OH is 1. The number of nitrogens with zero attached hydrogens (tertiary/aromatic N) is 3. The van der Waals surface area contributed by atoms with Crippen LogP contribution in [0, 0.1) is 20.2 Å². The zero-order chi connectivity index (χ0) is 28.6. The van der Waals surface area contributed by atoms with Crippen LogP contribution < -0.4 is 4.74 Å². The van der Waals surface area contributed by atoms with Crippen molar-refractivity contribution in [2.45, 2.75) is 5.16 Å². The molecule has 3 aromatic carbocycles. The van der Waals surface area contributed by atoms with Gasteiger partial charge in [-0.1, -0.05) is 52.6 Å². The molecule has 0 unspecified atom stereocenters. The molecule has 3 N–H and O–H groups in total. The average Bonchev–Trinajstić information content (AvgIpc) is 3.30. The summed E-state index contributed by atoms with van der Waals surface area (Å²) in [5, 5.41) is 38.3. The molecule has 4 aromatic rings. The Kier molecular flexibility index (Phi) is 11.1. The van der Waals surface area contributed by atoms with Crippen molar-refractivity contribution in [1.82, 2.24) is 9.97 Å². The van der Waals surface area contributed by atoms with Gasteiger partial charge in [-0.2, -0.15) is 0 Å².